The second kappa shape index (κ2) is 8.84. The number of rotatable bonds is 4. The van der Waals surface area contributed by atoms with Gasteiger partial charge < -0.3 is 20.4 Å². The summed E-state index contributed by atoms with van der Waals surface area (Å²) in [6.07, 6.45) is 6.30. The Balaban J connectivity index is 1.84. The van der Waals surface area contributed by atoms with Gasteiger partial charge in [0.2, 0.25) is 5.95 Å². The van der Waals surface area contributed by atoms with Gasteiger partial charge in [-0.05, 0) is 64.1 Å². The molecule has 6 nitrogen and oxygen atoms in total. The van der Waals surface area contributed by atoms with E-state index >= 15 is 0 Å². The minimum atomic E-state index is 0.280. The highest BCUT2D eigenvalue weighted by Gasteiger charge is 2.21. The quantitative estimate of drug-likeness (QED) is 0.781. The predicted molar refractivity (Wildman–Crippen MR) is 113 cm³/mol. The zero-order chi connectivity index (χ0) is 18.5. The molecule has 2 N–H and O–H groups in total. The third-order valence-electron chi connectivity index (χ3n) is 5.01. The lowest BCUT2D eigenvalue weighted by molar-refractivity contribution is 0.444. The van der Waals surface area contributed by atoms with Gasteiger partial charge in [0.25, 0.3) is 0 Å². The van der Waals surface area contributed by atoms with E-state index in [-0.39, 0.29) is 6.04 Å². The van der Waals surface area contributed by atoms with Crippen LogP contribution in [0.4, 0.5) is 17.6 Å². The maximum Gasteiger partial charge on any atom is 0.232 e. The molecule has 0 spiro atoms. The van der Waals surface area contributed by atoms with Crippen molar-refractivity contribution in [3.63, 3.8) is 0 Å². The molecule has 0 aliphatic carbocycles. The van der Waals surface area contributed by atoms with Gasteiger partial charge in [-0.1, -0.05) is 6.92 Å². The van der Waals surface area contributed by atoms with Crippen LogP contribution >= 0.6 is 12.2 Å². The van der Waals surface area contributed by atoms with E-state index in [4.69, 9.17) is 22.2 Å². The van der Waals surface area contributed by atoms with Crippen LogP contribution < -0.4 is 20.4 Å². The van der Waals surface area contributed by atoms with Crippen LogP contribution in [0.25, 0.3) is 0 Å². The molecule has 7 heteroatoms. The van der Waals surface area contributed by atoms with Crippen LogP contribution in [0, 0.1) is 5.92 Å². The molecule has 0 bridgehead atoms. The molecule has 3 rings (SSSR count). The third kappa shape index (κ3) is 5.19. The smallest absolute Gasteiger partial charge is 0.232 e. The molecular weight excluding hydrogens is 344 g/mol. The van der Waals surface area contributed by atoms with Gasteiger partial charge in [0.15, 0.2) is 5.11 Å². The molecule has 2 aliphatic heterocycles. The highest BCUT2D eigenvalue weighted by Crippen LogP contribution is 2.27. The van der Waals surface area contributed by atoms with Gasteiger partial charge in [-0.3, -0.25) is 0 Å². The lowest BCUT2D eigenvalue weighted by atomic mass is 10.0. The van der Waals surface area contributed by atoms with Crippen molar-refractivity contribution in [2.45, 2.75) is 58.9 Å². The molecule has 0 radical (unpaired) electrons. The highest BCUT2D eigenvalue weighted by atomic mass is 32.1. The van der Waals surface area contributed by atoms with Crippen molar-refractivity contribution in [2.24, 2.45) is 5.92 Å². The Morgan fingerprint density at radius 2 is 1.73 bits per heavy atom. The number of nitrogens with zero attached hydrogens (tertiary/aromatic N) is 4. The maximum absolute atomic E-state index is 5.40. The molecule has 1 aromatic rings. The van der Waals surface area contributed by atoms with Crippen molar-refractivity contribution >= 4 is 34.9 Å². The van der Waals surface area contributed by atoms with Crippen LogP contribution in [-0.4, -0.2) is 47.3 Å². The Hall–Kier alpha value is -1.63. The Morgan fingerprint density at radius 3 is 2.38 bits per heavy atom. The monoisotopic (exact) mass is 376 g/mol. The zero-order valence-corrected chi connectivity index (χ0v) is 17.1. The van der Waals surface area contributed by atoms with Gasteiger partial charge in [0.05, 0.1) is 0 Å². The van der Waals surface area contributed by atoms with E-state index in [1.807, 2.05) is 0 Å². The predicted octanol–water partition coefficient (Wildman–Crippen LogP) is 3.40. The van der Waals surface area contributed by atoms with Crippen LogP contribution in [0.3, 0.4) is 0 Å². The second-order valence-corrected chi connectivity index (χ2v) is 8.31. The van der Waals surface area contributed by atoms with E-state index < -0.39 is 0 Å². The summed E-state index contributed by atoms with van der Waals surface area (Å²) in [7, 11) is 0. The fourth-order valence-corrected chi connectivity index (χ4v) is 4.05. The van der Waals surface area contributed by atoms with E-state index in [1.54, 1.807) is 0 Å². The van der Waals surface area contributed by atoms with Crippen molar-refractivity contribution in [1.29, 1.82) is 0 Å². The first-order valence-electron chi connectivity index (χ1n) is 9.98. The van der Waals surface area contributed by atoms with Gasteiger partial charge in [-0.25, -0.2) is 0 Å². The topological polar surface area (TPSA) is 56.3 Å². The molecule has 0 aromatic carbocycles. The molecule has 144 valence electrons. The number of aromatic nitrogens is 2. The molecule has 2 fully saturated rings. The summed E-state index contributed by atoms with van der Waals surface area (Å²) in [6, 6.07) is 2.44. The summed E-state index contributed by atoms with van der Waals surface area (Å²) < 4.78 is 0. The fraction of sp³-hybridized carbons (Fsp3) is 0.737. The van der Waals surface area contributed by atoms with Crippen LogP contribution in [0.1, 0.15) is 52.9 Å². The van der Waals surface area contributed by atoms with E-state index in [0.717, 1.165) is 37.8 Å². The summed E-state index contributed by atoms with van der Waals surface area (Å²) >= 11 is 5.40. The van der Waals surface area contributed by atoms with Crippen molar-refractivity contribution in [2.75, 3.05) is 41.3 Å². The molecule has 26 heavy (non-hydrogen) atoms. The number of nitrogens with one attached hydrogen (secondary N) is 2. The number of piperidine rings is 2. The number of anilines is 3. The summed E-state index contributed by atoms with van der Waals surface area (Å²) in [5.74, 6) is 3.33. The zero-order valence-electron chi connectivity index (χ0n) is 16.3. The highest BCUT2D eigenvalue weighted by molar-refractivity contribution is 7.80. The third-order valence-corrected chi connectivity index (χ3v) is 5.23. The van der Waals surface area contributed by atoms with Crippen molar-refractivity contribution in [1.82, 2.24) is 15.3 Å². The van der Waals surface area contributed by atoms with Crippen molar-refractivity contribution in [3.8, 4) is 0 Å². The summed E-state index contributed by atoms with van der Waals surface area (Å²) in [5.41, 5.74) is 0. The molecule has 0 unspecified atom stereocenters. The van der Waals surface area contributed by atoms with Gasteiger partial charge in [0.1, 0.15) is 11.6 Å². The molecule has 3 heterocycles. The fourth-order valence-electron chi connectivity index (χ4n) is 3.72. The Morgan fingerprint density at radius 1 is 1.08 bits per heavy atom. The molecular formula is C19H32N6S. The average Bonchev–Trinajstić information content (AvgIpc) is 2.61. The van der Waals surface area contributed by atoms with Gasteiger partial charge >= 0.3 is 0 Å². The number of hydrogen-bond donors (Lipinski definition) is 2. The largest absolute Gasteiger partial charge is 0.360 e. The minimum absolute atomic E-state index is 0.280. The molecule has 0 saturated carbocycles. The maximum atomic E-state index is 5.40. The lowest BCUT2D eigenvalue weighted by Crippen LogP contribution is -2.37. The van der Waals surface area contributed by atoms with Gasteiger partial charge in [-0.15, -0.1) is 0 Å². The standard InChI is InChI=1S/C19H32N6S/c1-14(2)20-19(26)23-18-21-16(24-9-5-4-6-10-24)12-17(22-18)25-11-7-8-15(3)13-25/h12,14-15H,4-11,13H2,1-3H3,(H2,20,21,22,23,26)/t15-/m0/s1. The van der Waals surface area contributed by atoms with Crippen LogP contribution in [0.2, 0.25) is 0 Å². The van der Waals surface area contributed by atoms with E-state index in [2.05, 4.69) is 47.3 Å². The lowest BCUT2D eigenvalue weighted by Gasteiger charge is -2.33. The first-order valence-corrected chi connectivity index (χ1v) is 10.4. The Kier molecular flexibility index (Phi) is 6.51. The van der Waals surface area contributed by atoms with Crippen LogP contribution in [0.15, 0.2) is 6.07 Å². The van der Waals surface area contributed by atoms with Crippen molar-refractivity contribution < 1.29 is 0 Å². The number of hydrogen-bond acceptors (Lipinski definition) is 5. The SMILES string of the molecule is CC(C)NC(=S)Nc1nc(N2CCCCC2)cc(N2CCC[C@H](C)C2)n1. The Bertz CT molecular complexity index is 614. The molecule has 0 amide bonds. The number of thiocarbonyl (C=S) groups is 1. The van der Waals surface area contributed by atoms with E-state index in [1.165, 1.54) is 32.1 Å². The van der Waals surface area contributed by atoms with E-state index in [0.29, 0.717) is 17.0 Å². The molecule has 2 aliphatic rings. The summed E-state index contributed by atoms with van der Waals surface area (Å²) in [6.45, 7) is 10.7. The van der Waals surface area contributed by atoms with Crippen molar-refractivity contribution in [3.05, 3.63) is 6.07 Å². The minimum Gasteiger partial charge on any atom is -0.360 e. The van der Waals surface area contributed by atoms with E-state index in [9.17, 15) is 0 Å². The van der Waals surface area contributed by atoms with Gasteiger partial charge in [0, 0.05) is 38.3 Å². The first kappa shape index (κ1) is 19.1. The van der Waals surface area contributed by atoms with Gasteiger partial charge in [-0.2, -0.15) is 9.97 Å². The van der Waals surface area contributed by atoms with Crippen LogP contribution in [-0.2, 0) is 0 Å². The average molecular weight is 377 g/mol. The molecule has 1 atom stereocenters. The second-order valence-electron chi connectivity index (χ2n) is 7.90. The normalized spacial score (nSPS) is 21.0. The summed E-state index contributed by atoms with van der Waals surface area (Å²) in [4.78, 5) is 14.3. The Labute approximate surface area is 162 Å². The molecule has 1 aromatic heterocycles. The van der Waals surface area contributed by atoms with Crippen LogP contribution in [0.5, 0.6) is 0 Å². The molecule has 2 saturated heterocycles. The summed E-state index contributed by atoms with van der Waals surface area (Å²) in [5, 5.41) is 6.98. The first-order chi connectivity index (χ1) is 12.5.